The van der Waals surface area contributed by atoms with Gasteiger partial charge >= 0.3 is 0 Å². The van der Waals surface area contributed by atoms with E-state index in [2.05, 4.69) is 30.8 Å². The third-order valence-electron chi connectivity index (χ3n) is 2.67. The molecule has 17 heavy (non-hydrogen) atoms. The van der Waals surface area contributed by atoms with Gasteiger partial charge < -0.3 is 5.32 Å². The summed E-state index contributed by atoms with van der Waals surface area (Å²) in [6.07, 6.45) is 3.18. The number of nitrogens with zero attached hydrogens (tertiary/aromatic N) is 2. The van der Waals surface area contributed by atoms with Gasteiger partial charge in [-0.1, -0.05) is 31.5 Å². The number of hydrogen-bond donors (Lipinski definition) is 1. The maximum Gasteiger partial charge on any atom is 0.287 e. The highest BCUT2D eigenvalue weighted by atomic mass is 35.5. The van der Waals surface area contributed by atoms with Gasteiger partial charge in [0.15, 0.2) is 0 Å². The van der Waals surface area contributed by atoms with Gasteiger partial charge in [-0.3, -0.25) is 4.79 Å². The fraction of sp³-hybridized carbons (Fsp3) is 0.500. The second-order valence-corrected chi connectivity index (χ2v) is 4.70. The summed E-state index contributed by atoms with van der Waals surface area (Å²) in [5, 5.41) is 7.39. The van der Waals surface area contributed by atoms with Gasteiger partial charge in [-0.25, -0.2) is 4.68 Å². The van der Waals surface area contributed by atoms with E-state index in [9.17, 15) is 4.79 Å². The minimum atomic E-state index is -0.299. The van der Waals surface area contributed by atoms with Crippen molar-refractivity contribution in [1.82, 2.24) is 9.78 Å². The number of allylic oxidation sites excluding steroid dienone is 1. The first-order chi connectivity index (χ1) is 7.97. The Morgan fingerprint density at radius 3 is 2.76 bits per heavy atom. The predicted octanol–water partition coefficient (Wildman–Crippen LogP) is 2.54. The highest BCUT2D eigenvalue weighted by Gasteiger charge is 2.12. The number of rotatable bonds is 5. The van der Waals surface area contributed by atoms with Gasteiger partial charge in [0.05, 0.1) is 18.4 Å². The second-order valence-electron chi connectivity index (χ2n) is 4.33. The molecule has 1 atom stereocenters. The summed E-state index contributed by atoms with van der Waals surface area (Å²) in [6, 6.07) is 0.226. The fourth-order valence-corrected chi connectivity index (χ4v) is 1.43. The molecule has 4 nitrogen and oxygen atoms in total. The summed E-state index contributed by atoms with van der Waals surface area (Å²) in [7, 11) is 0. The van der Waals surface area contributed by atoms with E-state index < -0.39 is 0 Å². The quantitative estimate of drug-likeness (QED) is 0.823. The molecule has 1 rings (SSSR count). The normalized spacial score (nSPS) is 12.5. The number of halogens is 1. The van der Waals surface area contributed by atoms with Crippen molar-refractivity contribution in [1.29, 1.82) is 0 Å². The summed E-state index contributed by atoms with van der Waals surface area (Å²) < 4.78 is 1.28. The molecule has 0 radical (unpaired) electrons. The standard InChI is InChI=1S/C12H18ClN3O/c1-5-6-16-12(17)11(13)10(7-14-16)15-9(4)8(2)3/h5,7-9,15H,1,6H2,2-4H3. The van der Waals surface area contributed by atoms with Gasteiger partial charge in [-0.15, -0.1) is 6.58 Å². The Balaban J connectivity index is 3.00. The molecule has 0 spiro atoms. The van der Waals surface area contributed by atoms with Crippen LogP contribution in [0.15, 0.2) is 23.6 Å². The smallest absolute Gasteiger partial charge is 0.287 e. The Bertz CT molecular complexity index is 454. The first kappa shape index (κ1) is 13.8. The van der Waals surface area contributed by atoms with Crippen LogP contribution in [0.4, 0.5) is 5.69 Å². The zero-order chi connectivity index (χ0) is 13.0. The average molecular weight is 256 g/mol. The lowest BCUT2D eigenvalue weighted by Gasteiger charge is -2.19. The zero-order valence-electron chi connectivity index (χ0n) is 10.4. The molecule has 0 aliphatic heterocycles. The summed E-state index contributed by atoms with van der Waals surface area (Å²) in [5.41, 5.74) is 0.283. The molecule has 1 heterocycles. The Morgan fingerprint density at radius 1 is 1.59 bits per heavy atom. The SMILES string of the molecule is C=CCn1ncc(NC(C)C(C)C)c(Cl)c1=O. The van der Waals surface area contributed by atoms with Crippen LogP contribution in [0.3, 0.4) is 0 Å². The van der Waals surface area contributed by atoms with Crippen molar-refractivity contribution in [2.24, 2.45) is 5.92 Å². The van der Waals surface area contributed by atoms with Crippen molar-refractivity contribution in [2.45, 2.75) is 33.4 Å². The lowest BCUT2D eigenvalue weighted by Crippen LogP contribution is -2.27. The summed E-state index contributed by atoms with van der Waals surface area (Å²) in [6.45, 7) is 10.2. The molecule has 0 saturated heterocycles. The molecule has 1 N–H and O–H groups in total. The Labute approximate surface area is 106 Å². The highest BCUT2D eigenvalue weighted by Crippen LogP contribution is 2.18. The van der Waals surface area contributed by atoms with E-state index in [1.807, 2.05) is 6.92 Å². The third kappa shape index (κ3) is 3.33. The summed E-state index contributed by atoms with van der Waals surface area (Å²) in [4.78, 5) is 11.8. The van der Waals surface area contributed by atoms with E-state index in [0.29, 0.717) is 18.2 Å². The number of anilines is 1. The highest BCUT2D eigenvalue weighted by molar-refractivity contribution is 6.32. The van der Waals surface area contributed by atoms with Crippen LogP contribution < -0.4 is 10.9 Å². The zero-order valence-corrected chi connectivity index (χ0v) is 11.2. The lowest BCUT2D eigenvalue weighted by atomic mass is 10.1. The summed E-state index contributed by atoms with van der Waals surface area (Å²) in [5.74, 6) is 0.446. The van der Waals surface area contributed by atoms with Crippen molar-refractivity contribution < 1.29 is 0 Å². The maximum absolute atomic E-state index is 11.8. The third-order valence-corrected chi connectivity index (χ3v) is 3.04. The number of nitrogens with one attached hydrogen (secondary N) is 1. The van der Waals surface area contributed by atoms with Gasteiger partial charge in [0.1, 0.15) is 5.02 Å². The lowest BCUT2D eigenvalue weighted by molar-refractivity contribution is 0.558. The minimum absolute atomic E-state index is 0.175. The van der Waals surface area contributed by atoms with Crippen molar-refractivity contribution in [3.05, 3.63) is 34.2 Å². The first-order valence-corrected chi connectivity index (χ1v) is 5.98. The van der Waals surface area contributed by atoms with Gasteiger partial charge in [0.25, 0.3) is 5.56 Å². The Morgan fingerprint density at radius 2 is 2.24 bits per heavy atom. The fourth-order valence-electron chi connectivity index (χ4n) is 1.23. The van der Waals surface area contributed by atoms with E-state index in [1.165, 1.54) is 4.68 Å². The molecule has 1 unspecified atom stereocenters. The molecule has 5 heteroatoms. The molecule has 0 aromatic carbocycles. The molecule has 0 fully saturated rings. The first-order valence-electron chi connectivity index (χ1n) is 5.60. The average Bonchev–Trinajstić information content (AvgIpc) is 2.28. The largest absolute Gasteiger partial charge is 0.380 e. The van der Waals surface area contributed by atoms with E-state index in [4.69, 9.17) is 11.6 Å². The molecule has 1 aromatic rings. The molecule has 0 amide bonds. The van der Waals surface area contributed by atoms with Crippen LogP contribution in [-0.4, -0.2) is 15.8 Å². The Hall–Kier alpha value is -1.29. The van der Waals surface area contributed by atoms with E-state index in [0.717, 1.165) is 0 Å². The van der Waals surface area contributed by atoms with Crippen LogP contribution in [0, 0.1) is 5.92 Å². The van der Waals surface area contributed by atoms with Gasteiger partial charge in [-0.2, -0.15) is 5.10 Å². The van der Waals surface area contributed by atoms with E-state index >= 15 is 0 Å². The molecular formula is C12H18ClN3O. The van der Waals surface area contributed by atoms with Crippen LogP contribution in [0.5, 0.6) is 0 Å². The predicted molar refractivity (Wildman–Crippen MR) is 71.6 cm³/mol. The van der Waals surface area contributed by atoms with E-state index in [-0.39, 0.29) is 16.6 Å². The van der Waals surface area contributed by atoms with E-state index in [1.54, 1.807) is 12.3 Å². The van der Waals surface area contributed by atoms with Crippen molar-refractivity contribution >= 4 is 17.3 Å². The van der Waals surface area contributed by atoms with Gasteiger partial charge in [0.2, 0.25) is 0 Å². The number of hydrogen-bond acceptors (Lipinski definition) is 3. The molecule has 0 bridgehead atoms. The molecular weight excluding hydrogens is 238 g/mol. The molecule has 0 saturated carbocycles. The van der Waals surface area contributed by atoms with Crippen molar-refractivity contribution in [3.8, 4) is 0 Å². The minimum Gasteiger partial charge on any atom is -0.380 e. The Kier molecular flexibility index (Phi) is 4.75. The molecule has 0 aliphatic carbocycles. The van der Waals surface area contributed by atoms with Gasteiger partial charge in [0, 0.05) is 6.04 Å². The monoisotopic (exact) mass is 255 g/mol. The molecule has 94 valence electrons. The number of aromatic nitrogens is 2. The molecule has 0 aliphatic rings. The van der Waals surface area contributed by atoms with Crippen LogP contribution in [-0.2, 0) is 6.54 Å². The van der Waals surface area contributed by atoms with Crippen LogP contribution in [0.2, 0.25) is 5.02 Å². The van der Waals surface area contributed by atoms with Crippen LogP contribution in [0.25, 0.3) is 0 Å². The van der Waals surface area contributed by atoms with Gasteiger partial charge in [-0.05, 0) is 12.8 Å². The van der Waals surface area contributed by atoms with Crippen molar-refractivity contribution in [2.75, 3.05) is 5.32 Å². The topological polar surface area (TPSA) is 46.9 Å². The summed E-state index contributed by atoms with van der Waals surface area (Å²) >= 11 is 6.01. The van der Waals surface area contributed by atoms with Crippen molar-refractivity contribution in [3.63, 3.8) is 0 Å². The molecule has 1 aromatic heterocycles. The van der Waals surface area contributed by atoms with Crippen LogP contribution in [0.1, 0.15) is 20.8 Å². The second kappa shape index (κ2) is 5.87. The maximum atomic E-state index is 11.8. The van der Waals surface area contributed by atoms with Crippen LogP contribution >= 0.6 is 11.6 Å².